The Kier molecular flexibility index (Phi) is 14.6. The number of fused-ring (bicyclic) bond motifs is 1. The lowest BCUT2D eigenvalue weighted by Gasteiger charge is -2.45. The minimum absolute atomic E-state index is 0.0741. The number of carbonyl (C=O) groups excluding carboxylic acids is 1. The summed E-state index contributed by atoms with van der Waals surface area (Å²) in [6, 6.07) is 12.4. The highest BCUT2D eigenvalue weighted by atomic mass is 16.8. The Bertz CT molecular complexity index is 2310. The molecule has 14 N–H and O–H groups in total. The monoisotopic (exact) mass is 919 g/mol. The van der Waals surface area contributed by atoms with E-state index in [1.54, 1.807) is 0 Å². The molecule has 23 heteroatoms. The van der Waals surface area contributed by atoms with Crippen LogP contribution >= 0.6 is 0 Å². The van der Waals surface area contributed by atoms with Gasteiger partial charge in [0.15, 0.2) is 46.9 Å². The van der Waals surface area contributed by atoms with Crippen molar-refractivity contribution < 1.29 is 109 Å². The average molecular weight is 920 g/mol. The fourth-order valence-corrected chi connectivity index (χ4v) is 7.22. The maximum Gasteiger partial charge on any atom is 0.510 e. The molecule has 1 aliphatic carbocycles. The van der Waals surface area contributed by atoms with E-state index in [0.29, 0.717) is 5.56 Å². The molecule has 3 saturated heterocycles. The predicted molar refractivity (Wildman–Crippen MR) is 215 cm³/mol. The lowest BCUT2D eigenvalue weighted by Crippen LogP contribution is -2.65. The maximum absolute atomic E-state index is 13.0. The van der Waals surface area contributed by atoms with Crippen LogP contribution in [0.4, 0.5) is 0 Å². The Morgan fingerprint density at radius 2 is 1.23 bits per heavy atom. The van der Waals surface area contributed by atoms with Crippen molar-refractivity contribution in [1.29, 1.82) is 0 Å². The predicted octanol–water partition coefficient (Wildman–Crippen LogP) is -3.05. The quantitative estimate of drug-likeness (QED) is 0.0274. The molecule has 65 heavy (non-hydrogen) atoms. The largest absolute Gasteiger partial charge is 0.510 e. The molecule has 2 aromatic rings. The number of rotatable bonds is 13. The number of esters is 1. The molecule has 0 radical (unpaired) electrons. The second-order valence-corrected chi connectivity index (χ2v) is 15.3. The van der Waals surface area contributed by atoms with Crippen molar-refractivity contribution in [3.8, 4) is 51.4 Å². The molecular weight excluding hydrogens is 872 g/mol. The molecule has 15 atom stereocenters. The SMILES string of the molecule is O=c1cc2oc(-c3ccc(O)cc3)c(O[C@@H]3O[C@H](COC(=[OH+])C=Cc4ccc(O)c(O)c4)[C@@H](O)[C@H](O)[C@H]3O[C@@H]3O[C@H](CO)[C@@H](O)[C@H](O)[C@H]3O)cc-2c(O[C@@H]2O[C@H](CO)[C@@H](O)[C@H](O)[C@@H]2O)c1. The first kappa shape index (κ1) is 47.5. The van der Waals surface area contributed by atoms with Gasteiger partial charge < -0.3 is 109 Å². The van der Waals surface area contributed by atoms with Crippen LogP contribution in [0.15, 0.2) is 76.0 Å². The topological polar surface area (TPSA) is 379 Å². The molecule has 5 aliphatic rings. The zero-order valence-electron chi connectivity index (χ0n) is 33.6. The molecule has 0 amide bonds. The fraction of sp³-hybridized carbons (Fsp3) is 0.429. The van der Waals surface area contributed by atoms with Crippen LogP contribution in [0.1, 0.15) is 5.56 Å². The van der Waals surface area contributed by atoms with E-state index in [9.17, 15) is 76.0 Å². The van der Waals surface area contributed by atoms with Crippen LogP contribution < -0.4 is 14.9 Å². The van der Waals surface area contributed by atoms with Gasteiger partial charge in [-0.2, -0.15) is 0 Å². The van der Waals surface area contributed by atoms with Crippen molar-refractivity contribution in [2.75, 3.05) is 19.8 Å². The average Bonchev–Trinajstić information content (AvgIpc) is 3.29. The van der Waals surface area contributed by atoms with Crippen LogP contribution in [0.3, 0.4) is 0 Å². The van der Waals surface area contributed by atoms with Crippen LogP contribution in [0.2, 0.25) is 0 Å². The third-order valence-corrected chi connectivity index (χ3v) is 10.9. The van der Waals surface area contributed by atoms with Gasteiger partial charge in [-0.3, -0.25) is 4.79 Å². The number of ether oxygens (including phenoxy) is 7. The van der Waals surface area contributed by atoms with E-state index in [1.165, 1.54) is 54.6 Å². The van der Waals surface area contributed by atoms with E-state index in [1.807, 2.05) is 0 Å². The van der Waals surface area contributed by atoms with E-state index in [0.717, 1.165) is 18.2 Å². The van der Waals surface area contributed by atoms with E-state index in [-0.39, 0.29) is 45.6 Å². The Hall–Kier alpha value is -5.48. The molecule has 23 nitrogen and oxygen atoms in total. The maximum atomic E-state index is 13.0. The molecule has 0 saturated carbocycles. The highest BCUT2D eigenvalue weighted by molar-refractivity contribution is 5.88. The smallest absolute Gasteiger partial charge is 0.508 e. The lowest BCUT2D eigenvalue weighted by atomic mass is 9.97. The number of phenols is 3. The second-order valence-electron chi connectivity index (χ2n) is 15.3. The number of aromatic hydroxyl groups is 3. The van der Waals surface area contributed by atoms with Crippen molar-refractivity contribution in [3.05, 3.63) is 82.5 Å². The molecule has 0 unspecified atom stereocenters. The molecule has 0 aromatic heterocycles. The van der Waals surface area contributed by atoms with Crippen molar-refractivity contribution >= 4 is 12.0 Å². The van der Waals surface area contributed by atoms with Gasteiger partial charge >= 0.3 is 5.97 Å². The summed E-state index contributed by atoms with van der Waals surface area (Å²) in [5, 5.41) is 135. The Morgan fingerprint density at radius 1 is 0.631 bits per heavy atom. The zero-order valence-corrected chi connectivity index (χ0v) is 33.6. The standard InChI is InChI=1S/C42H46O23/c43-13-26-30(50)33(53)36(56)40(62-26)60-24-11-19(46)10-23-20(24)12-25(38(59-23)17-3-5-18(45)6-4-17)61-42-39(65-41-37(57)34(54)31(51)27(14-44)63-41)35(55)32(52)28(64-42)15-58-29(49)8-2-16-1-7-21(47)22(48)9-16/h1-12,26-28,30-37,39-45,47-48,50-57H,13-15H2/p+1/t26-,27-,28-,30-,31-,32-,33+,34+,35+,36+,37-,39-,40-,41+,42-/m1/s1. The van der Waals surface area contributed by atoms with Gasteiger partial charge in [-0.15, -0.1) is 0 Å². The molecule has 4 aliphatic heterocycles. The fourth-order valence-electron chi connectivity index (χ4n) is 7.22. The van der Waals surface area contributed by atoms with Crippen LogP contribution in [-0.2, 0) is 23.7 Å². The number of benzene rings is 3. The van der Waals surface area contributed by atoms with E-state index < -0.39 is 129 Å². The summed E-state index contributed by atoms with van der Waals surface area (Å²) in [4.78, 5) is 23.5. The first-order valence-electron chi connectivity index (χ1n) is 19.9. The molecule has 352 valence electrons. The summed E-state index contributed by atoms with van der Waals surface area (Å²) in [6.07, 6.45) is -24.8. The Balaban J connectivity index is 1.26. The third kappa shape index (κ3) is 10.2. The highest BCUT2D eigenvalue weighted by Crippen LogP contribution is 2.43. The van der Waals surface area contributed by atoms with Gasteiger partial charge in [-0.05, 0) is 54.1 Å². The number of aliphatic hydroxyl groups is 10. The third-order valence-electron chi connectivity index (χ3n) is 10.9. The van der Waals surface area contributed by atoms with Gasteiger partial charge in [0, 0.05) is 17.7 Å². The molecule has 4 heterocycles. The van der Waals surface area contributed by atoms with Crippen molar-refractivity contribution in [2.24, 2.45) is 0 Å². The number of hydrogen-bond donors (Lipinski definition) is 13. The molecule has 7 rings (SSSR count). The van der Waals surface area contributed by atoms with Crippen molar-refractivity contribution in [1.82, 2.24) is 0 Å². The number of hydrogen-bond acceptors (Lipinski definition) is 22. The molecular formula is C42H47O23+. The normalized spacial score (nSPS) is 32.9. The summed E-state index contributed by atoms with van der Waals surface area (Å²) in [5.41, 5.74) is -0.232. The van der Waals surface area contributed by atoms with Gasteiger partial charge in [-0.1, -0.05) is 6.07 Å². The summed E-state index contributed by atoms with van der Waals surface area (Å²) in [5.74, 6) is -2.73. The Morgan fingerprint density at radius 3 is 1.88 bits per heavy atom. The molecule has 2 aromatic carbocycles. The summed E-state index contributed by atoms with van der Waals surface area (Å²) < 4.78 is 46.7. The zero-order chi connectivity index (χ0) is 46.9. The van der Waals surface area contributed by atoms with Crippen LogP contribution in [-0.4, -0.2) is 189 Å². The van der Waals surface area contributed by atoms with E-state index >= 15 is 0 Å². The Labute approximate surface area is 366 Å². The van der Waals surface area contributed by atoms with Crippen LogP contribution in [0.25, 0.3) is 28.7 Å². The van der Waals surface area contributed by atoms with E-state index in [2.05, 4.69) is 0 Å². The van der Waals surface area contributed by atoms with Crippen LogP contribution in [0.5, 0.6) is 28.7 Å². The summed E-state index contributed by atoms with van der Waals surface area (Å²) >= 11 is 0. The first-order chi connectivity index (χ1) is 31.0. The van der Waals surface area contributed by atoms with E-state index in [4.69, 9.17) is 37.6 Å². The number of phenolic OH excluding ortho intramolecular Hbond substituents is 3. The van der Waals surface area contributed by atoms with Gasteiger partial charge in [0.1, 0.15) is 78.3 Å². The van der Waals surface area contributed by atoms with Gasteiger partial charge in [0.05, 0.1) is 24.9 Å². The summed E-state index contributed by atoms with van der Waals surface area (Å²) in [7, 11) is 0. The minimum Gasteiger partial charge on any atom is -0.508 e. The van der Waals surface area contributed by atoms with Gasteiger partial charge in [0.25, 0.3) is 0 Å². The number of aliphatic hydroxyl groups excluding tert-OH is 10. The molecule has 3 fully saturated rings. The second kappa shape index (κ2) is 19.9. The van der Waals surface area contributed by atoms with Crippen molar-refractivity contribution in [2.45, 2.75) is 92.1 Å². The van der Waals surface area contributed by atoms with Gasteiger partial charge in [0.2, 0.25) is 19.2 Å². The summed E-state index contributed by atoms with van der Waals surface area (Å²) in [6.45, 7) is -2.35. The van der Waals surface area contributed by atoms with Gasteiger partial charge in [-0.25, -0.2) is 0 Å². The molecule has 0 bridgehead atoms. The van der Waals surface area contributed by atoms with Crippen LogP contribution in [0, 0.1) is 0 Å². The minimum atomic E-state index is -2.05. The first-order valence-corrected chi connectivity index (χ1v) is 19.9. The van der Waals surface area contributed by atoms with Crippen molar-refractivity contribution in [3.63, 3.8) is 0 Å². The highest BCUT2D eigenvalue weighted by Gasteiger charge is 2.53. The molecule has 0 spiro atoms. The lowest BCUT2D eigenvalue weighted by molar-refractivity contribution is -0.357.